The molecular formula is C14H28O2. The number of hydrogen-bond donors (Lipinski definition) is 0. The van der Waals surface area contributed by atoms with Crippen molar-refractivity contribution in [3.8, 4) is 0 Å². The molecule has 0 saturated carbocycles. The van der Waals surface area contributed by atoms with Crippen LogP contribution >= 0.6 is 0 Å². The van der Waals surface area contributed by atoms with Crippen molar-refractivity contribution < 1.29 is 9.53 Å². The first kappa shape index (κ1) is 15.5. The molecule has 0 spiro atoms. The smallest absolute Gasteiger partial charge is 0.312 e. The number of carbonyl (C=O) groups is 1. The van der Waals surface area contributed by atoms with E-state index in [0.29, 0.717) is 5.92 Å². The Bertz CT molecular complexity index is 254. The Balaban J connectivity index is 5.00. The van der Waals surface area contributed by atoms with Crippen LogP contribution in [-0.4, -0.2) is 11.6 Å². The molecule has 0 atom stereocenters. The van der Waals surface area contributed by atoms with E-state index >= 15 is 0 Å². The van der Waals surface area contributed by atoms with Crippen molar-refractivity contribution in [1.82, 2.24) is 0 Å². The molecule has 0 aliphatic heterocycles. The van der Waals surface area contributed by atoms with E-state index in [2.05, 4.69) is 27.7 Å². The minimum absolute atomic E-state index is 0.0880. The molecule has 0 amide bonds. The number of esters is 1. The summed E-state index contributed by atoms with van der Waals surface area (Å²) in [4.78, 5) is 12.2. The van der Waals surface area contributed by atoms with Crippen LogP contribution in [0, 0.1) is 16.7 Å². The molecule has 0 aromatic rings. The predicted octanol–water partition coefficient (Wildman–Crippen LogP) is 4.04. The molecule has 0 aromatic carbocycles. The Kier molecular flexibility index (Phi) is 4.24. The van der Waals surface area contributed by atoms with Crippen LogP contribution < -0.4 is 0 Å². The molecule has 0 fully saturated rings. The third-order valence-electron chi connectivity index (χ3n) is 3.96. The van der Waals surface area contributed by atoms with Crippen LogP contribution in [-0.2, 0) is 9.53 Å². The van der Waals surface area contributed by atoms with Crippen LogP contribution in [0.5, 0.6) is 0 Å². The van der Waals surface area contributed by atoms with Crippen molar-refractivity contribution in [2.24, 2.45) is 16.7 Å². The molecule has 0 heterocycles. The van der Waals surface area contributed by atoms with E-state index < -0.39 is 11.0 Å². The highest BCUT2D eigenvalue weighted by atomic mass is 16.6. The maximum atomic E-state index is 12.2. The fourth-order valence-electron chi connectivity index (χ4n) is 1.39. The van der Waals surface area contributed by atoms with Gasteiger partial charge in [0.05, 0.1) is 5.41 Å². The molecule has 0 saturated heterocycles. The lowest BCUT2D eigenvalue weighted by Gasteiger charge is -2.43. The zero-order valence-corrected chi connectivity index (χ0v) is 12.4. The summed E-state index contributed by atoms with van der Waals surface area (Å²) in [6.45, 7) is 18.2. The third-order valence-corrected chi connectivity index (χ3v) is 3.96. The molecule has 0 aromatic heterocycles. The summed E-state index contributed by atoms with van der Waals surface area (Å²) in [5.41, 5.74) is -0.981. The molecular weight excluding hydrogens is 200 g/mol. The van der Waals surface area contributed by atoms with Gasteiger partial charge in [0.25, 0.3) is 0 Å². The van der Waals surface area contributed by atoms with Crippen LogP contribution in [0.1, 0.15) is 62.3 Å². The summed E-state index contributed by atoms with van der Waals surface area (Å²) < 4.78 is 5.50. The van der Waals surface area contributed by atoms with Gasteiger partial charge in [-0.1, -0.05) is 27.7 Å². The molecule has 0 aliphatic rings. The highest BCUT2D eigenvalue weighted by Gasteiger charge is 2.47. The van der Waals surface area contributed by atoms with Gasteiger partial charge in [-0.2, -0.15) is 0 Å². The zero-order valence-electron chi connectivity index (χ0n) is 12.4. The van der Waals surface area contributed by atoms with Gasteiger partial charge in [-0.05, 0) is 46.0 Å². The second kappa shape index (κ2) is 4.38. The topological polar surface area (TPSA) is 26.3 Å². The lowest BCUT2D eigenvalue weighted by molar-refractivity contribution is -0.174. The van der Waals surface area contributed by atoms with Crippen molar-refractivity contribution in [3.63, 3.8) is 0 Å². The Morgan fingerprint density at radius 1 is 0.938 bits per heavy atom. The second-order valence-electron chi connectivity index (χ2n) is 7.00. The molecule has 16 heavy (non-hydrogen) atoms. The normalized spacial score (nSPS) is 14.1. The van der Waals surface area contributed by atoms with Gasteiger partial charge in [-0.15, -0.1) is 0 Å². The van der Waals surface area contributed by atoms with Gasteiger partial charge in [-0.25, -0.2) is 0 Å². The van der Waals surface area contributed by atoms with Gasteiger partial charge in [0.2, 0.25) is 0 Å². The van der Waals surface area contributed by atoms with Crippen molar-refractivity contribution in [1.29, 1.82) is 0 Å². The molecule has 0 unspecified atom stereocenters. The van der Waals surface area contributed by atoms with Crippen molar-refractivity contribution in [2.45, 2.75) is 67.9 Å². The van der Waals surface area contributed by atoms with E-state index in [1.165, 1.54) is 0 Å². The lowest BCUT2D eigenvalue weighted by atomic mass is 9.62. The maximum Gasteiger partial charge on any atom is 0.312 e. The molecule has 0 aliphatic carbocycles. The largest absolute Gasteiger partial charge is 0.460 e. The van der Waals surface area contributed by atoms with Crippen LogP contribution in [0.2, 0.25) is 0 Å². The quantitative estimate of drug-likeness (QED) is 0.681. The van der Waals surface area contributed by atoms with E-state index in [1.54, 1.807) is 0 Å². The minimum atomic E-state index is -0.478. The molecule has 0 bridgehead atoms. The van der Waals surface area contributed by atoms with Gasteiger partial charge in [0.15, 0.2) is 0 Å². The fourth-order valence-corrected chi connectivity index (χ4v) is 1.39. The standard InChI is InChI=1S/C14H28O2/c1-10(2)13(6,7)14(8,9)11(15)16-12(3,4)5/h10H,1-9H3. The summed E-state index contributed by atoms with van der Waals surface area (Å²) in [5.74, 6) is 0.314. The fraction of sp³-hybridized carbons (Fsp3) is 0.929. The highest BCUT2D eigenvalue weighted by Crippen LogP contribution is 2.45. The zero-order chi connectivity index (χ0) is 13.4. The Morgan fingerprint density at radius 2 is 1.31 bits per heavy atom. The first-order chi connectivity index (χ1) is 6.82. The van der Waals surface area contributed by atoms with E-state index in [4.69, 9.17) is 4.74 Å². The number of hydrogen-bond acceptors (Lipinski definition) is 2. The first-order valence-electron chi connectivity index (χ1n) is 6.06. The molecule has 96 valence electrons. The summed E-state index contributed by atoms with van der Waals surface area (Å²) in [5, 5.41) is 0. The van der Waals surface area contributed by atoms with Crippen LogP contribution in [0.3, 0.4) is 0 Å². The van der Waals surface area contributed by atoms with Gasteiger partial charge < -0.3 is 4.74 Å². The number of ether oxygens (including phenoxy) is 1. The summed E-state index contributed by atoms with van der Waals surface area (Å²) in [6, 6.07) is 0. The molecule has 2 heteroatoms. The van der Waals surface area contributed by atoms with Gasteiger partial charge in [0, 0.05) is 0 Å². The molecule has 0 radical (unpaired) electrons. The maximum absolute atomic E-state index is 12.2. The van der Waals surface area contributed by atoms with E-state index in [-0.39, 0.29) is 11.4 Å². The van der Waals surface area contributed by atoms with Crippen molar-refractivity contribution >= 4 is 5.97 Å². The average molecular weight is 228 g/mol. The van der Waals surface area contributed by atoms with Crippen molar-refractivity contribution in [2.75, 3.05) is 0 Å². The third kappa shape index (κ3) is 3.23. The number of rotatable bonds is 3. The Hall–Kier alpha value is -0.530. The van der Waals surface area contributed by atoms with E-state index in [9.17, 15) is 4.79 Å². The van der Waals surface area contributed by atoms with E-state index in [1.807, 2.05) is 34.6 Å². The highest BCUT2D eigenvalue weighted by molar-refractivity contribution is 5.77. The minimum Gasteiger partial charge on any atom is -0.460 e. The Morgan fingerprint density at radius 3 is 1.56 bits per heavy atom. The SMILES string of the molecule is CC(C)C(C)(C)C(C)(C)C(=O)OC(C)(C)C. The Labute approximate surface area is 101 Å². The lowest BCUT2D eigenvalue weighted by Crippen LogP contribution is -2.46. The average Bonchev–Trinajstić information content (AvgIpc) is 1.99. The molecule has 0 N–H and O–H groups in total. The predicted molar refractivity (Wildman–Crippen MR) is 68.2 cm³/mol. The van der Waals surface area contributed by atoms with Crippen LogP contribution in [0.15, 0.2) is 0 Å². The van der Waals surface area contributed by atoms with Crippen molar-refractivity contribution in [3.05, 3.63) is 0 Å². The van der Waals surface area contributed by atoms with Gasteiger partial charge in [0.1, 0.15) is 5.60 Å². The first-order valence-corrected chi connectivity index (χ1v) is 6.06. The van der Waals surface area contributed by atoms with E-state index in [0.717, 1.165) is 0 Å². The summed E-state index contributed by atoms with van der Waals surface area (Å²) in [6.07, 6.45) is 0. The summed E-state index contributed by atoms with van der Waals surface area (Å²) >= 11 is 0. The monoisotopic (exact) mass is 228 g/mol. The van der Waals surface area contributed by atoms with Gasteiger partial charge in [-0.3, -0.25) is 4.79 Å². The summed E-state index contributed by atoms with van der Waals surface area (Å²) in [7, 11) is 0. The van der Waals surface area contributed by atoms with Crippen LogP contribution in [0.4, 0.5) is 0 Å². The van der Waals surface area contributed by atoms with Gasteiger partial charge >= 0.3 is 5.97 Å². The second-order valence-corrected chi connectivity index (χ2v) is 7.00. The number of carbonyl (C=O) groups excluding carboxylic acids is 1. The molecule has 2 nitrogen and oxygen atoms in total. The molecule has 0 rings (SSSR count). The van der Waals surface area contributed by atoms with Crippen LogP contribution in [0.25, 0.3) is 0 Å².